The molecule has 124 valence electrons. The molecule has 2 N–H and O–H groups in total. The fourth-order valence-corrected chi connectivity index (χ4v) is 3.86. The lowest BCUT2D eigenvalue weighted by Gasteiger charge is -2.22. The third kappa shape index (κ3) is 2.69. The van der Waals surface area contributed by atoms with Gasteiger partial charge in [-0.2, -0.15) is 5.26 Å². The molecule has 0 atom stereocenters. The molecule has 0 bridgehead atoms. The fourth-order valence-electron chi connectivity index (χ4n) is 3.26. The molecule has 1 aromatic heterocycles. The van der Waals surface area contributed by atoms with Crippen LogP contribution in [0.25, 0.3) is 11.1 Å². The minimum Gasteiger partial charge on any atom is -0.493 e. The lowest BCUT2D eigenvalue weighted by molar-refractivity contribution is 0.353. The van der Waals surface area contributed by atoms with Crippen molar-refractivity contribution >= 4 is 21.7 Å². The molecule has 0 saturated carbocycles. The zero-order valence-corrected chi connectivity index (χ0v) is 15.2. The van der Waals surface area contributed by atoms with Crippen LogP contribution in [0.1, 0.15) is 29.7 Å². The summed E-state index contributed by atoms with van der Waals surface area (Å²) in [5.41, 5.74) is 10.3. The number of nitrogens with zero attached hydrogens (tertiary/aromatic N) is 2. The molecule has 5 nitrogen and oxygen atoms in total. The summed E-state index contributed by atoms with van der Waals surface area (Å²) in [5.74, 6) is 1.51. The van der Waals surface area contributed by atoms with Gasteiger partial charge in [0.2, 0.25) is 0 Å². The molecule has 0 amide bonds. The average Bonchev–Trinajstić information content (AvgIpc) is 2.59. The molecule has 0 spiro atoms. The number of nitriles is 1. The Balaban J connectivity index is 2.32. The normalized spacial score (nSPS) is 13.1. The van der Waals surface area contributed by atoms with Gasteiger partial charge in [-0.1, -0.05) is 0 Å². The van der Waals surface area contributed by atoms with Crippen molar-refractivity contribution in [3.8, 4) is 28.7 Å². The van der Waals surface area contributed by atoms with Crippen LogP contribution in [0.2, 0.25) is 0 Å². The fraction of sp³-hybridized carbons (Fsp3) is 0.333. The smallest absolute Gasteiger partial charge is 0.174 e. The van der Waals surface area contributed by atoms with Crippen molar-refractivity contribution in [3.05, 3.63) is 33.4 Å². The van der Waals surface area contributed by atoms with Crippen molar-refractivity contribution in [3.63, 3.8) is 0 Å². The third-order valence-electron chi connectivity index (χ3n) is 4.34. The molecule has 24 heavy (non-hydrogen) atoms. The van der Waals surface area contributed by atoms with E-state index in [4.69, 9.17) is 15.2 Å². The van der Waals surface area contributed by atoms with Crippen LogP contribution in [0.3, 0.4) is 0 Å². The highest BCUT2D eigenvalue weighted by Gasteiger charge is 2.23. The van der Waals surface area contributed by atoms with Gasteiger partial charge in [0, 0.05) is 11.3 Å². The number of nitrogen functional groups attached to an aromatic ring is 1. The lowest BCUT2D eigenvalue weighted by atomic mass is 9.86. The summed E-state index contributed by atoms with van der Waals surface area (Å²) < 4.78 is 11.6. The molecule has 0 unspecified atom stereocenters. The number of fused-ring (bicyclic) bond motifs is 1. The van der Waals surface area contributed by atoms with Crippen molar-refractivity contribution < 1.29 is 9.47 Å². The van der Waals surface area contributed by atoms with E-state index in [-0.39, 0.29) is 0 Å². The molecule has 1 heterocycles. The Labute approximate surface area is 149 Å². The van der Waals surface area contributed by atoms with Crippen molar-refractivity contribution in [1.82, 2.24) is 4.98 Å². The van der Waals surface area contributed by atoms with Crippen LogP contribution in [0.15, 0.2) is 16.6 Å². The Bertz CT molecular complexity index is 843. The van der Waals surface area contributed by atoms with Crippen LogP contribution in [0, 0.1) is 11.3 Å². The summed E-state index contributed by atoms with van der Waals surface area (Å²) in [6.45, 7) is 0. The van der Waals surface area contributed by atoms with Crippen LogP contribution < -0.4 is 15.2 Å². The van der Waals surface area contributed by atoms with Crippen molar-refractivity contribution in [2.75, 3.05) is 20.0 Å². The van der Waals surface area contributed by atoms with Gasteiger partial charge in [0.1, 0.15) is 17.5 Å². The van der Waals surface area contributed by atoms with Gasteiger partial charge >= 0.3 is 0 Å². The van der Waals surface area contributed by atoms with Gasteiger partial charge in [-0.25, -0.2) is 4.98 Å². The summed E-state index contributed by atoms with van der Waals surface area (Å²) in [7, 11) is 3.19. The summed E-state index contributed by atoms with van der Waals surface area (Å²) in [5, 5.41) is 9.62. The number of nitrogens with two attached hydrogens (primary N) is 1. The minimum absolute atomic E-state index is 0.291. The molecule has 0 saturated heterocycles. The second kappa shape index (κ2) is 6.70. The van der Waals surface area contributed by atoms with E-state index >= 15 is 0 Å². The summed E-state index contributed by atoms with van der Waals surface area (Å²) in [4.78, 5) is 4.46. The Morgan fingerprint density at radius 1 is 1.21 bits per heavy atom. The van der Waals surface area contributed by atoms with E-state index < -0.39 is 0 Å². The number of anilines is 1. The van der Waals surface area contributed by atoms with E-state index in [0.717, 1.165) is 52.5 Å². The van der Waals surface area contributed by atoms with Gasteiger partial charge in [0.15, 0.2) is 11.5 Å². The first-order chi connectivity index (χ1) is 11.6. The molecule has 1 aliphatic rings. The maximum atomic E-state index is 9.62. The first-order valence-corrected chi connectivity index (χ1v) is 8.53. The molecule has 2 aromatic rings. The van der Waals surface area contributed by atoms with E-state index in [9.17, 15) is 5.26 Å². The molecular weight excluding hydrogens is 370 g/mol. The maximum absolute atomic E-state index is 9.62. The summed E-state index contributed by atoms with van der Waals surface area (Å²) in [6.07, 6.45) is 3.98. The predicted octanol–water partition coefficient (Wildman–Crippen LogP) is 3.86. The standard InChI is InChI=1S/C18H18BrN3O2/c1-23-15-8-10(7-13(19)17(15)24-2)16-11-5-3-4-6-14(11)22-18(21)12(16)9-20/h7-8H,3-6H2,1-2H3,(H2,21,22). The topological polar surface area (TPSA) is 81.2 Å². The Hall–Kier alpha value is -2.26. The molecular formula is C18H18BrN3O2. The van der Waals surface area contributed by atoms with Crippen molar-refractivity contribution in [2.45, 2.75) is 25.7 Å². The summed E-state index contributed by atoms with van der Waals surface area (Å²) >= 11 is 3.52. The molecule has 0 fully saturated rings. The van der Waals surface area contributed by atoms with E-state index in [2.05, 4.69) is 27.0 Å². The molecule has 6 heteroatoms. The van der Waals surface area contributed by atoms with E-state index in [1.54, 1.807) is 14.2 Å². The molecule has 3 rings (SSSR count). The number of aromatic nitrogens is 1. The second-order valence-corrected chi connectivity index (χ2v) is 6.54. The molecule has 1 aromatic carbocycles. The number of pyridine rings is 1. The van der Waals surface area contributed by atoms with E-state index in [0.29, 0.717) is 22.9 Å². The first kappa shape index (κ1) is 16.6. The van der Waals surface area contributed by atoms with Gasteiger partial charge in [-0.15, -0.1) is 0 Å². The van der Waals surface area contributed by atoms with Crippen molar-refractivity contribution in [2.24, 2.45) is 0 Å². The van der Waals surface area contributed by atoms with Crippen LogP contribution >= 0.6 is 15.9 Å². The van der Waals surface area contributed by atoms with Gasteiger partial charge in [-0.05, 0) is 64.9 Å². The highest BCUT2D eigenvalue weighted by Crippen LogP contribution is 2.43. The first-order valence-electron chi connectivity index (χ1n) is 7.74. The lowest BCUT2D eigenvalue weighted by Crippen LogP contribution is -2.12. The number of aryl methyl sites for hydroxylation is 1. The van der Waals surface area contributed by atoms with Crippen LogP contribution in [0.5, 0.6) is 11.5 Å². The second-order valence-electron chi connectivity index (χ2n) is 5.68. The van der Waals surface area contributed by atoms with Crippen molar-refractivity contribution in [1.29, 1.82) is 5.26 Å². The molecule has 0 aliphatic heterocycles. The van der Waals surface area contributed by atoms with Gasteiger partial charge in [-0.3, -0.25) is 0 Å². The highest BCUT2D eigenvalue weighted by molar-refractivity contribution is 9.10. The average molecular weight is 388 g/mol. The zero-order valence-electron chi connectivity index (χ0n) is 13.6. The number of methoxy groups -OCH3 is 2. The molecule has 0 radical (unpaired) electrons. The Kier molecular flexibility index (Phi) is 4.63. The highest BCUT2D eigenvalue weighted by atomic mass is 79.9. The van der Waals surface area contributed by atoms with E-state index in [1.807, 2.05) is 12.1 Å². The van der Waals surface area contributed by atoms with Crippen LogP contribution in [0.4, 0.5) is 5.82 Å². The molecule has 1 aliphatic carbocycles. The number of rotatable bonds is 3. The largest absolute Gasteiger partial charge is 0.493 e. The third-order valence-corrected chi connectivity index (χ3v) is 4.93. The minimum atomic E-state index is 0.291. The van der Waals surface area contributed by atoms with Crippen LogP contribution in [-0.2, 0) is 12.8 Å². The SMILES string of the molecule is COc1cc(-c2c(C#N)c(N)nc3c2CCCC3)cc(Br)c1OC. The number of benzene rings is 1. The zero-order chi connectivity index (χ0) is 17.3. The monoisotopic (exact) mass is 387 g/mol. The van der Waals surface area contributed by atoms with Gasteiger partial charge in [0.25, 0.3) is 0 Å². The summed E-state index contributed by atoms with van der Waals surface area (Å²) in [6, 6.07) is 6.04. The number of ether oxygens (including phenoxy) is 2. The van der Waals surface area contributed by atoms with Gasteiger partial charge < -0.3 is 15.2 Å². The Morgan fingerprint density at radius 3 is 2.62 bits per heavy atom. The number of hydrogen-bond acceptors (Lipinski definition) is 5. The quantitative estimate of drug-likeness (QED) is 0.864. The Morgan fingerprint density at radius 2 is 1.96 bits per heavy atom. The maximum Gasteiger partial charge on any atom is 0.174 e. The number of halogens is 1. The van der Waals surface area contributed by atoms with Crippen LogP contribution in [-0.4, -0.2) is 19.2 Å². The number of hydrogen-bond donors (Lipinski definition) is 1. The van der Waals surface area contributed by atoms with E-state index in [1.165, 1.54) is 0 Å². The predicted molar refractivity (Wildman–Crippen MR) is 96.2 cm³/mol. The van der Waals surface area contributed by atoms with Gasteiger partial charge in [0.05, 0.1) is 18.7 Å².